The second kappa shape index (κ2) is 3.67. The van der Waals surface area contributed by atoms with Crippen molar-refractivity contribution in [2.75, 3.05) is 24.2 Å². The van der Waals surface area contributed by atoms with Crippen molar-refractivity contribution < 1.29 is 9.90 Å². The molecule has 3 rings (SSSR count). The summed E-state index contributed by atoms with van der Waals surface area (Å²) in [5.74, 6) is 0.254. The molecule has 0 radical (unpaired) electrons. The number of thioether (sulfide) groups is 1. The smallest absolute Gasteiger partial charge is 0.316 e. The fourth-order valence-electron chi connectivity index (χ4n) is 3.07. The highest BCUT2D eigenvalue weighted by atomic mass is 32.2. The molecule has 2 unspecified atom stereocenters. The van der Waals surface area contributed by atoms with Gasteiger partial charge in [-0.2, -0.15) is 0 Å². The number of carboxylic acid groups (broad SMARTS) is 1. The molecule has 4 heteroatoms. The summed E-state index contributed by atoms with van der Waals surface area (Å²) in [6.07, 6.45) is 0.758. The lowest BCUT2D eigenvalue weighted by atomic mass is 9.80. The number of nitrogens with zero attached hydrogens (tertiary/aromatic N) is 1. The van der Waals surface area contributed by atoms with Crippen molar-refractivity contribution in [2.45, 2.75) is 17.1 Å². The average molecular weight is 249 g/mol. The number of hydrogen-bond acceptors (Lipinski definition) is 3. The first-order chi connectivity index (χ1) is 8.12. The van der Waals surface area contributed by atoms with Gasteiger partial charge < -0.3 is 10.0 Å². The Balaban J connectivity index is 1.99. The third-order valence-electron chi connectivity index (χ3n) is 3.84. The van der Waals surface area contributed by atoms with Crippen LogP contribution in [0, 0.1) is 0 Å². The van der Waals surface area contributed by atoms with E-state index >= 15 is 0 Å². The lowest BCUT2D eigenvalue weighted by molar-refractivity contribution is -0.136. The Hall–Kier alpha value is -1.16. The van der Waals surface area contributed by atoms with Gasteiger partial charge in [-0.25, -0.2) is 0 Å². The maximum Gasteiger partial charge on any atom is 0.316 e. The molecule has 0 saturated carbocycles. The Morgan fingerprint density at radius 3 is 3.00 bits per heavy atom. The van der Waals surface area contributed by atoms with E-state index in [1.165, 1.54) is 11.3 Å². The zero-order chi connectivity index (χ0) is 12.0. The Morgan fingerprint density at radius 2 is 2.29 bits per heavy atom. The van der Waals surface area contributed by atoms with E-state index in [2.05, 4.69) is 30.1 Å². The number of likely N-dealkylation sites (N-methyl/N-ethyl adjacent to an activating group) is 1. The van der Waals surface area contributed by atoms with E-state index in [4.69, 9.17) is 5.11 Å². The SMILES string of the molecule is CN1CC2(CSC(C(=O)O)C2)c2ccccc21. The maximum absolute atomic E-state index is 11.1. The van der Waals surface area contributed by atoms with Crippen LogP contribution < -0.4 is 4.90 Å². The maximum atomic E-state index is 11.1. The molecule has 1 aromatic carbocycles. The normalized spacial score (nSPS) is 30.9. The van der Waals surface area contributed by atoms with Crippen LogP contribution in [0.1, 0.15) is 12.0 Å². The predicted molar refractivity (Wildman–Crippen MR) is 69.9 cm³/mol. The predicted octanol–water partition coefficient (Wildman–Crippen LogP) is 1.96. The van der Waals surface area contributed by atoms with Crippen molar-refractivity contribution in [2.24, 2.45) is 0 Å². The van der Waals surface area contributed by atoms with E-state index in [1.807, 2.05) is 6.07 Å². The Kier molecular flexibility index (Phi) is 2.36. The minimum absolute atomic E-state index is 0.0546. The van der Waals surface area contributed by atoms with Gasteiger partial charge in [0, 0.05) is 30.4 Å². The molecule has 1 spiro atoms. The molecular formula is C13H15NO2S. The molecule has 0 amide bonds. The van der Waals surface area contributed by atoms with Crippen LogP contribution in [0.25, 0.3) is 0 Å². The van der Waals surface area contributed by atoms with E-state index in [0.717, 1.165) is 18.7 Å². The number of aliphatic carboxylic acids is 1. The number of carbonyl (C=O) groups is 1. The highest BCUT2D eigenvalue weighted by Crippen LogP contribution is 2.50. The van der Waals surface area contributed by atoms with E-state index < -0.39 is 5.97 Å². The number of benzene rings is 1. The van der Waals surface area contributed by atoms with Gasteiger partial charge in [-0.3, -0.25) is 4.79 Å². The van der Waals surface area contributed by atoms with Crippen LogP contribution in [0.15, 0.2) is 24.3 Å². The van der Waals surface area contributed by atoms with E-state index in [9.17, 15) is 4.79 Å². The first-order valence-corrected chi connectivity index (χ1v) is 6.82. The molecule has 2 aliphatic heterocycles. The summed E-state index contributed by atoms with van der Waals surface area (Å²) >= 11 is 1.59. The molecular weight excluding hydrogens is 234 g/mol. The lowest BCUT2D eigenvalue weighted by Gasteiger charge is -2.23. The minimum atomic E-state index is -0.668. The molecule has 1 aromatic rings. The van der Waals surface area contributed by atoms with Crippen LogP contribution in [0.2, 0.25) is 0 Å². The van der Waals surface area contributed by atoms with Gasteiger partial charge in [0.25, 0.3) is 0 Å². The molecule has 2 heterocycles. The number of anilines is 1. The third-order valence-corrected chi connectivity index (χ3v) is 5.33. The molecule has 2 aliphatic rings. The van der Waals surface area contributed by atoms with Gasteiger partial charge in [-0.15, -0.1) is 11.8 Å². The fourth-order valence-corrected chi connectivity index (χ4v) is 4.53. The second-order valence-electron chi connectivity index (χ2n) is 5.00. The molecule has 3 nitrogen and oxygen atoms in total. The van der Waals surface area contributed by atoms with E-state index in [0.29, 0.717) is 0 Å². The van der Waals surface area contributed by atoms with E-state index in [-0.39, 0.29) is 10.7 Å². The number of hydrogen-bond donors (Lipinski definition) is 1. The summed E-state index contributed by atoms with van der Waals surface area (Å²) in [5, 5.41) is 8.90. The number of rotatable bonds is 1. The van der Waals surface area contributed by atoms with Gasteiger partial charge in [0.1, 0.15) is 5.25 Å². The van der Waals surface area contributed by atoms with Gasteiger partial charge in [-0.1, -0.05) is 18.2 Å². The molecule has 0 bridgehead atoms. The molecule has 1 saturated heterocycles. The van der Waals surface area contributed by atoms with Crippen molar-refractivity contribution >= 4 is 23.4 Å². The zero-order valence-electron chi connectivity index (χ0n) is 9.72. The second-order valence-corrected chi connectivity index (χ2v) is 6.19. The first-order valence-electron chi connectivity index (χ1n) is 5.77. The quantitative estimate of drug-likeness (QED) is 0.826. The van der Waals surface area contributed by atoms with Gasteiger partial charge in [0.05, 0.1) is 0 Å². The molecule has 2 atom stereocenters. The van der Waals surface area contributed by atoms with Gasteiger partial charge >= 0.3 is 5.97 Å². The monoisotopic (exact) mass is 249 g/mol. The molecule has 17 heavy (non-hydrogen) atoms. The number of para-hydroxylation sites is 1. The topological polar surface area (TPSA) is 40.5 Å². The van der Waals surface area contributed by atoms with Gasteiger partial charge in [0.2, 0.25) is 0 Å². The van der Waals surface area contributed by atoms with Crippen LogP contribution in [0.3, 0.4) is 0 Å². The molecule has 1 N–H and O–H groups in total. The summed E-state index contributed by atoms with van der Waals surface area (Å²) in [4.78, 5) is 13.4. The third kappa shape index (κ3) is 1.54. The summed E-state index contributed by atoms with van der Waals surface area (Å²) in [5.41, 5.74) is 2.65. The average Bonchev–Trinajstić information content (AvgIpc) is 2.85. The van der Waals surface area contributed by atoms with Crippen LogP contribution in [-0.2, 0) is 10.2 Å². The highest BCUT2D eigenvalue weighted by Gasteiger charge is 2.48. The van der Waals surface area contributed by atoms with Crippen molar-refractivity contribution in [1.29, 1.82) is 0 Å². The van der Waals surface area contributed by atoms with Crippen molar-refractivity contribution in [3.63, 3.8) is 0 Å². The van der Waals surface area contributed by atoms with Crippen LogP contribution in [0.5, 0.6) is 0 Å². The van der Waals surface area contributed by atoms with Crippen molar-refractivity contribution in [3.8, 4) is 0 Å². The Morgan fingerprint density at radius 1 is 1.53 bits per heavy atom. The van der Waals surface area contributed by atoms with Gasteiger partial charge in [0.15, 0.2) is 0 Å². The number of fused-ring (bicyclic) bond motifs is 2. The summed E-state index contributed by atoms with van der Waals surface area (Å²) in [6.45, 7) is 0.948. The summed E-state index contributed by atoms with van der Waals surface area (Å²) in [7, 11) is 2.09. The lowest BCUT2D eigenvalue weighted by Crippen LogP contribution is -2.33. The van der Waals surface area contributed by atoms with Crippen LogP contribution in [0.4, 0.5) is 5.69 Å². The highest BCUT2D eigenvalue weighted by molar-refractivity contribution is 8.00. The minimum Gasteiger partial charge on any atom is -0.480 e. The summed E-state index contributed by atoms with van der Waals surface area (Å²) < 4.78 is 0. The molecule has 0 aromatic heterocycles. The Labute approximate surface area is 105 Å². The van der Waals surface area contributed by atoms with Gasteiger partial charge in [-0.05, 0) is 18.1 Å². The zero-order valence-corrected chi connectivity index (χ0v) is 10.5. The van der Waals surface area contributed by atoms with Crippen molar-refractivity contribution in [3.05, 3.63) is 29.8 Å². The number of carboxylic acids is 1. The molecule has 90 valence electrons. The standard InChI is InChI=1S/C13H15NO2S/c1-14-7-13(6-11(12(15)16)17-8-13)9-4-2-3-5-10(9)14/h2-5,11H,6-8H2,1H3,(H,15,16). The van der Waals surface area contributed by atoms with Crippen LogP contribution >= 0.6 is 11.8 Å². The Bertz CT molecular complexity index is 476. The van der Waals surface area contributed by atoms with Crippen molar-refractivity contribution in [1.82, 2.24) is 0 Å². The largest absolute Gasteiger partial charge is 0.480 e. The van der Waals surface area contributed by atoms with E-state index in [1.54, 1.807) is 11.8 Å². The van der Waals surface area contributed by atoms with Crippen LogP contribution in [-0.4, -0.2) is 35.7 Å². The molecule has 1 fully saturated rings. The summed E-state index contributed by atoms with van der Waals surface area (Å²) in [6, 6.07) is 8.39. The first kappa shape index (κ1) is 11.0. The molecule has 0 aliphatic carbocycles. The fraction of sp³-hybridized carbons (Fsp3) is 0.462.